The van der Waals surface area contributed by atoms with Crippen molar-refractivity contribution in [3.8, 4) is 0 Å². The van der Waals surface area contributed by atoms with Gasteiger partial charge in [0, 0.05) is 30.0 Å². The predicted octanol–water partition coefficient (Wildman–Crippen LogP) is 2.49. The van der Waals surface area contributed by atoms with Crippen LogP contribution in [0.1, 0.15) is 18.0 Å². The summed E-state index contributed by atoms with van der Waals surface area (Å²) >= 11 is 1.57. The van der Waals surface area contributed by atoms with Crippen LogP contribution in [0.4, 0.5) is 4.39 Å². The Morgan fingerprint density at radius 2 is 2.17 bits per heavy atom. The molecule has 1 aliphatic heterocycles. The van der Waals surface area contributed by atoms with Crippen molar-refractivity contribution < 1.29 is 23.8 Å². The van der Waals surface area contributed by atoms with Crippen LogP contribution in [-0.2, 0) is 14.3 Å². The molecule has 2 atom stereocenters. The van der Waals surface area contributed by atoms with Crippen molar-refractivity contribution >= 4 is 23.7 Å². The van der Waals surface area contributed by atoms with E-state index >= 15 is 0 Å². The van der Waals surface area contributed by atoms with Crippen LogP contribution in [0.15, 0.2) is 35.9 Å². The topological polar surface area (TPSA) is 66.8 Å². The van der Waals surface area contributed by atoms with E-state index in [2.05, 4.69) is 0 Å². The maximum Gasteiger partial charge on any atom is 0.328 e. The van der Waals surface area contributed by atoms with Crippen LogP contribution in [0, 0.1) is 5.82 Å². The Hall–Kier alpha value is -1.86. The standard InChI is InChI=1S/C17H20FNO4S/c1-23-17(22)16(12-5-3-4-6-13(12)18)19-8-7-14(24-2)11(10-19)9-15(20)21/h3-6,9,14,16H,7-8,10H2,1-2H3,(H,20,21)/b11-9+/t14?,16-/m0/s1. The first-order chi connectivity index (χ1) is 11.5. The first kappa shape index (κ1) is 18.5. The lowest BCUT2D eigenvalue weighted by molar-refractivity contribution is -0.147. The molecule has 0 radical (unpaired) electrons. The number of carboxylic acids is 1. The quantitative estimate of drug-likeness (QED) is 0.648. The fourth-order valence-electron chi connectivity index (χ4n) is 2.95. The van der Waals surface area contributed by atoms with E-state index in [0.717, 1.165) is 0 Å². The van der Waals surface area contributed by atoms with Crippen molar-refractivity contribution in [3.63, 3.8) is 0 Å². The lowest BCUT2D eigenvalue weighted by atomic mass is 9.98. The maximum absolute atomic E-state index is 14.2. The summed E-state index contributed by atoms with van der Waals surface area (Å²) in [6.07, 6.45) is 3.79. The fraction of sp³-hybridized carbons (Fsp3) is 0.412. The second kappa shape index (κ2) is 8.30. The molecule has 1 heterocycles. The molecule has 1 aromatic carbocycles. The van der Waals surface area contributed by atoms with Crippen molar-refractivity contribution in [2.45, 2.75) is 17.7 Å². The van der Waals surface area contributed by atoms with Gasteiger partial charge < -0.3 is 9.84 Å². The highest BCUT2D eigenvalue weighted by molar-refractivity contribution is 7.99. The summed E-state index contributed by atoms with van der Waals surface area (Å²) in [5, 5.41) is 9.14. The zero-order valence-electron chi connectivity index (χ0n) is 13.6. The number of carbonyl (C=O) groups excluding carboxylic acids is 1. The number of benzene rings is 1. The van der Waals surface area contributed by atoms with Crippen molar-refractivity contribution in [1.29, 1.82) is 0 Å². The van der Waals surface area contributed by atoms with Gasteiger partial charge in [-0.1, -0.05) is 18.2 Å². The Morgan fingerprint density at radius 3 is 2.75 bits per heavy atom. The number of carboxylic acid groups (broad SMARTS) is 1. The number of thioether (sulfide) groups is 1. The van der Waals surface area contributed by atoms with Crippen LogP contribution in [0.2, 0.25) is 0 Å². The number of piperidine rings is 1. The number of esters is 1. The van der Waals surface area contributed by atoms with Gasteiger partial charge in [-0.2, -0.15) is 11.8 Å². The zero-order chi connectivity index (χ0) is 17.7. The van der Waals surface area contributed by atoms with E-state index in [4.69, 9.17) is 9.84 Å². The van der Waals surface area contributed by atoms with Crippen molar-refractivity contribution in [2.75, 3.05) is 26.5 Å². The molecular formula is C17H20FNO4S. The molecule has 1 aliphatic rings. The molecule has 24 heavy (non-hydrogen) atoms. The van der Waals surface area contributed by atoms with Crippen molar-refractivity contribution in [2.24, 2.45) is 0 Å². The Labute approximate surface area is 144 Å². The van der Waals surface area contributed by atoms with Gasteiger partial charge in [0.2, 0.25) is 0 Å². The molecule has 1 N–H and O–H groups in total. The number of aliphatic carboxylic acids is 1. The average molecular weight is 353 g/mol. The zero-order valence-corrected chi connectivity index (χ0v) is 14.4. The molecular weight excluding hydrogens is 333 g/mol. The summed E-state index contributed by atoms with van der Waals surface area (Å²) < 4.78 is 19.1. The molecule has 0 spiro atoms. The highest BCUT2D eigenvalue weighted by Crippen LogP contribution is 2.33. The number of rotatable bonds is 5. The third-order valence-electron chi connectivity index (χ3n) is 4.06. The lowest BCUT2D eigenvalue weighted by Crippen LogP contribution is -2.43. The third kappa shape index (κ3) is 4.15. The molecule has 1 saturated heterocycles. The minimum absolute atomic E-state index is 0.0799. The van der Waals surface area contributed by atoms with E-state index in [0.29, 0.717) is 18.5 Å². The number of nitrogens with zero attached hydrogens (tertiary/aromatic N) is 1. The van der Waals surface area contributed by atoms with Crippen molar-refractivity contribution in [3.05, 3.63) is 47.3 Å². The summed E-state index contributed by atoms with van der Waals surface area (Å²) in [5.41, 5.74) is 0.952. The maximum atomic E-state index is 14.2. The van der Waals surface area contributed by atoms with E-state index in [-0.39, 0.29) is 17.4 Å². The summed E-state index contributed by atoms with van der Waals surface area (Å²) in [4.78, 5) is 25.1. The molecule has 7 heteroatoms. The van der Waals surface area contributed by atoms with E-state index < -0.39 is 23.8 Å². The molecule has 0 aliphatic carbocycles. The first-order valence-corrected chi connectivity index (χ1v) is 8.79. The van der Waals surface area contributed by atoms with Gasteiger partial charge in [0.25, 0.3) is 0 Å². The highest BCUT2D eigenvalue weighted by Gasteiger charge is 2.35. The van der Waals surface area contributed by atoms with Crippen LogP contribution in [0.25, 0.3) is 0 Å². The van der Waals surface area contributed by atoms with Crippen molar-refractivity contribution in [1.82, 2.24) is 4.90 Å². The average Bonchev–Trinajstić information content (AvgIpc) is 2.56. The van der Waals surface area contributed by atoms with Gasteiger partial charge in [-0.15, -0.1) is 0 Å². The third-order valence-corrected chi connectivity index (χ3v) is 5.17. The van der Waals surface area contributed by atoms with Gasteiger partial charge in [0.15, 0.2) is 0 Å². The van der Waals surface area contributed by atoms with Crippen LogP contribution >= 0.6 is 11.8 Å². The highest BCUT2D eigenvalue weighted by atomic mass is 32.2. The second-order valence-electron chi connectivity index (χ2n) is 5.49. The van der Waals surface area contributed by atoms with E-state index in [1.165, 1.54) is 19.3 Å². The Bertz CT molecular complexity index is 649. The smallest absolute Gasteiger partial charge is 0.328 e. The number of methoxy groups -OCH3 is 1. The molecule has 1 fully saturated rings. The van der Waals surface area contributed by atoms with E-state index in [1.807, 2.05) is 6.26 Å². The molecule has 0 amide bonds. The van der Waals surface area contributed by atoms with Crippen LogP contribution in [0.3, 0.4) is 0 Å². The summed E-state index contributed by atoms with van der Waals surface area (Å²) in [6, 6.07) is 5.18. The normalized spacial score (nSPS) is 21.5. The molecule has 1 aromatic rings. The van der Waals surface area contributed by atoms with Gasteiger partial charge in [0.05, 0.1) is 7.11 Å². The van der Waals surface area contributed by atoms with Gasteiger partial charge in [-0.25, -0.2) is 14.0 Å². The molecule has 0 saturated carbocycles. The Balaban J connectivity index is 2.36. The molecule has 0 bridgehead atoms. The largest absolute Gasteiger partial charge is 0.478 e. The monoisotopic (exact) mass is 353 g/mol. The fourth-order valence-corrected chi connectivity index (χ4v) is 3.74. The number of carbonyl (C=O) groups is 2. The SMILES string of the molecule is COC(=O)[C@H](c1ccccc1F)N1CCC(SC)/C(=C/C(=O)O)C1. The van der Waals surface area contributed by atoms with Crippen LogP contribution in [0.5, 0.6) is 0 Å². The van der Waals surface area contributed by atoms with E-state index in [9.17, 15) is 14.0 Å². The summed E-state index contributed by atoms with van der Waals surface area (Å²) in [5.74, 6) is -2.06. The summed E-state index contributed by atoms with van der Waals surface area (Å²) in [7, 11) is 1.26. The van der Waals surface area contributed by atoms with Crippen LogP contribution < -0.4 is 0 Å². The van der Waals surface area contributed by atoms with Gasteiger partial charge in [-0.3, -0.25) is 4.90 Å². The second-order valence-corrected chi connectivity index (χ2v) is 6.53. The first-order valence-electron chi connectivity index (χ1n) is 7.50. The van der Waals surface area contributed by atoms with Gasteiger partial charge in [0.1, 0.15) is 11.9 Å². The molecule has 2 rings (SSSR count). The predicted molar refractivity (Wildman–Crippen MR) is 90.4 cm³/mol. The Kier molecular flexibility index (Phi) is 6.39. The molecule has 5 nitrogen and oxygen atoms in total. The number of hydrogen-bond acceptors (Lipinski definition) is 5. The number of ether oxygens (including phenoxy) is 1. The number of halogens is 1. The number of hydrogen-bond donors (Lipinski definition) is 1. The molecule has 1 unspecified atom stereocenters. The minimum Gasteiger partial charge on any atom is -0.478 e. The number of likely N-dealkylation sites (tertiary alicyclic amines) is 1. The van der Waals surface area contributed by atoms with E-state index in [1.54, 1.807) is 34.9 Å². The Morgan fingerprint density at radius 1 is 1.46 bits per heavy atom. The van der Waals surface area contributed by atoms with Gasteiger partial charge in [-0.05, 0) is 24.3 Å². The lowest BCUT2D eigenvalue weighted by Gasteiger charge is -2.37. The minimum atomic E-state index is -1.02. The molecule has 0 aromatic heterocycles. The molecule has 130 valence electrons. The van der Waals surface area contributed by atoms with Gasteiger partial charge >= 0.3 is 11.9 Å². The summed E-state index contributed by atoms with van der Waals surface area (Å²) in [6.45, 7) is 0.836. The van der Waals surface area contributed by atoms with Crippen LogP contribution in [-0.4, -0.2) is 53.7 Å².